The first-order valence-electron chi connectivity index (χ1n) is 7.05. The Balaban J connectivity index is 2.01. The zero-order valence-electron chi connectivity index (χ0n) is 12.3. The van der Waals surface area contributed by atoms with E-state index in [-0.39, 0.29) is 24.0 Å². The highest BCUT2D eigenvalue weighted by atomic mass is 19.1. The van der Waals surface area contributed by atoms with Crippen molar-refractivity contribution >= 4 is 0 Å². The first-order valence-corrected chi connectivity index (χ1v) is 7.05. The number of aromatic nitrogens is 2. The number of hydrogen-bond acceptors (Lipinski definition) is 6. The number of nitriles is 1. The van der Waals surface area contributed by atoms with Gasteiger partial charge in [-0.1, -0.05) is 0 Å². The smallest absolute Gasteiger partial charge is 0.253 e. The van der Waals surface area contributed by atoms with Gasteiger partial charge in [-0.25, -0.2) is 8.78 Å². The van der Waals surface area contributed by atoms with Crippen molar-refractivity contribution in [3.8, 4) is 17.5 Å². The molecule has 0 radical (unpaired) electrons. The van der Waals surface area contributed by atoms with Gasteiger partial charge in [-0.05, 0) is 19.1 Å². The van der Waals surface area contributed by atoms with Gasteiger partial charge in [0.1, 0.15) is 17.2 Å². The molecule has 1 fully saturated rings. The Morgan fingerprint density at radius 3 is 2.65 bits per heavy atom. The third-order valence-corrected chi connectivity index (χ3v) is 3.61. The van der Waals surface area contributed by atoms with Crippen molar-refractivity contribution in [1.29, 1.82) is 5.26 Å². The number of benzene rings is 1. The number of halogens is 2. The number of hydrogen-bond donors (Lipinski definition) is 0. The van der Waals surface area contributed by atoms with E-state index < -0.39 is 22.8 Å². The molecule has 120 valence electrons. The van der Waals surface area contributed by atoms with Crippen LogP contribution in [0.25, 0.3) is 11.5 Å². The Bertz CT molecular complexity index is 741. The van der Waals surface area contributed by atoms with E-state index in [9.17, 15) is 8.78 Å². The molecule has 0 saturated carbocycles. The number of nitrogens with zero attached hydrogens (tertiary/aromatic N) is 3. The van der Waals surface area contributed by atoms with Crippen LogP contribution in [0.3, 0.4) is 0 Å². The van der Waals surface area contributed by atoms with Crippen molar-refractivity contribution in [3.63, 3.8) is 0 Å². The van der Waals surface area contributed by atoms with Crippen LogP contribution in [-0.2, 0) is 15.1 Å². The van der Waals surface area contributed by atoms with Crippen LogP contribution in [0.15, 0.2) is 16.5 Å². The Labute approximate surface area is 130 Å². The average molecular weight is 321 g/mol. The second-order valence-corrected chi connectivity index (χ2v) is 5.07. The molecule has 0 aliphatic carbocycles. The first-order chi connectivity index (χ1) is 11.1. The standard InChI is InChI=1S/C15H13F2N3O3/c1-2-22-15(3-4-21-8-15)14-20-19-13(23-14)12-10(16)5-9(7-18)6-11(12)17/h5-6H,2-4,8H2,1H3. The molecule has 1 aromatic carbocycles. The van der Waals surface area contributed by atoms with Crippen LogP contribution in [-0.4, -0.2) is 30.0 Å². The quantitative estimate of drug-likeness (QED) is 0.861. The second-order valence-electron chi connectivity index (χ2n) is 5.07. The molecule has 23 heavy (non-hydrogen) atoms. The van der Waals surface area contributed by atoms with E-state index in [4.69, 9.17) is 19.2 Å². The molecule has 0 N–H and O–H groups in total. The average Bonchev–Trinajstić information content (AvgIpc) is 3.17. The van der Waals surface area contributed by atoms with E-state index in [2.05, 4.69) is 10.2 Å². The molecule has 0 spiro atoms. The SMILES string of the molecule is CCOC1(c2nnc(-c3c(F)cc(C#N)cc3F)o2)CCOC1. The van der Waals surface area contributed by atoms with E-state index in [0.29, 0.717) is 19.6 Å². The van der Waals surface area contributed by atoms with Crippen molar-refractivity contribution in [3.05, 3.63) is 35.2 Å². The molecule has 1 aromatic heterocycles. The van der Waals surface area contributed by atoms with Gasteiger partial charge in [0.25, 0.3) is 11.8 Å². The van der Waals surface area contributed by atoms with Gasteiger partial charge in [-0.3, -0.25) is 0 Å². The summed E-state index contributed by atoms with van der Waals surface area (Å²) in [7, 11) is 0. The normalized spacial score (nSPS) is 20.6. The summed E-state index contributed by atoms with van der Waals surface area (Å²) in [6.07, 6.45) is 0.515. The van der Waals surface area contributed by atoms with Crippen LogP contribution < -0.4 is 0 Å². The van der Waals surface area contributed by atoms with Crippen molar-refractivity contribution in [2.75, 3.05) is 19.8 Å². The minimum Gasteiger partial charge on any atom is -0.417 e. The minimum absolute atomic E-state index is 0.120. The second kappa shape index (κ2) is 6.02. The fourth-order valence-corrected chi connectivity index (χ4v) is 2.52. The van der Waals surface area contributed by atoms with Crippen molar-refractivity contribution < 1.29 is 22.7 Å². The third kappa shape index (κ3) is 2.69. The van der Waals surface area contributed by atoms with E-state index in [0.717, 1.165) is 12.1 Å². The lowest BCUT2D eigenvalue weighted by atomic mass is 10.0. The minimum atomic E-state index is -0.940. The lowest BCUT2D eigenvalue weighted by Gasteiger charge is -2.22. The molecule has 8 heteroatoms. The number of rotatable bonds is 4. The molecule has 1 aliphatic rings. The molecule has 0 amide bonds. The summed E-state index contributed by atoms with van der Waals surface area (Å²) in [5, 5.41) is 16.3. The molecule has 3 rings (SSSR count). The first kappa shape index (κ1) is 15.5. The fraction of sp³-hybridized carbons (Fsp3) is 0.400. The molecule has 1 aliphatic heterocycles. The summed E-state index contributed by atoms with van der Waals surface area (Å²) in [6, 6.07) is 3.51. The summed E-state index contributed by atoms with van der Waals surface area (Å²) in [6.45, 7) is 2.93. The maximum atomic E-state index is 14.0. The van der Waals surface area contributed by atoms with Gasteiger partial charge in [0.2, 0.25) is 0 Å². The largest absolute Gasteiger partial charge is 0.417 e. The van der Waals surface area contributed by atoms with Crippen molar-refractivity contribution in [2.45, 2.75) is 18.9 Å². The van der Waals surface area contributed by atoms with Gasteiger partial charge in [-0.2, -0.15) is 5.26 Å². The van der Waals surface area contributed by atoms with E-state index in [1.54, 1.807) is 6.07 Å². The summed E-state index contributed by atoms with van der Waals surface area (Å²) < 4.78 is 44.5. The lowest BCUT2D eigenvalue weighted by Crippen LogP contribution is -2.30. The molecule has 2 heterocycles. The van der Waals surface area contributed by atoms with Crippen LogP contribution in [0.4, 0.5) is 8.78 Å². The van der Waals surface area contributed by atoms with Gasteiger partial charge in [0.05, 0.1) is 24.8 Å². The highest BCUT2D eigenvalue weighted by Crippen LogP contribution is 2.36. The van der Waals surface area contributed by atoms with Crippen LogP contribution >= 0.6 is 0 Å². The molecule has 1 atom stereocenters. The Hall–Kier alpha value is -2.37. The predicted octanol–water partition coefficient (Wildman–Crippen LogP) is 2.54. The molecule has 1 saturated heterocycles. The maximum absolute atomic E-state index is 14.0. The van der Waals surface area contributed by atoms with Crippen LogP contribution in [0.5, 0.6) is 0 Å². The molecule has 0 bridgehead atoms. The van der Waals surface area contributed by atoms with Gasteiger partial charge < -0.3 is 13.9 Å². The van der Waals surface area contributed by atoms with E-state index in [1.165, 1.54) is 0 Å². The molecule has 2 aromatic rings. The van der Waals surface area contributed by atoms with E-state index in [1.807, 2.05) is 6.92 Å². The van der Waals surface area contributed by atoms with Crippen molar-refractivity contribution in [2.24, 2.45) is 0 Å². The Morgan fingerprint density at radius 1 is 1.35 bits per heavy atom. The molecule has 1 unspecified atom stereocenters. The topological polar surface area (TPSA) is 81.2 Å². The molecular formula is C15H13F2N3O3. The van der Waals surface area contributed by atoms with Gasteiger partial charge in [0.15, 0.2) is 5.60 Å². The highest BCUT2D eigenvalue weighted by Gasteiger charge is 2.43. The monoisotopic (exact) mass is 321 g/mol. The summed E-state index contributed by atoms with van der Waals surface area (Å²) in [5.41, 5.74) is -1.48. The van der Waals surface area contributed by atoms with E-state index >= 15 is 0 Å². The lowest BCUT2D eigenvalue weighted by molar-refractivity contribution is -0.0657. The third-order valence-electron chi connectivity index (χ3n) is 3.61. The van der Waals surface area contributed by atoms with Gasteiger partial charge >= 0.3 is 0 Å². The summed E-state index contributed by atoms with van der Waals surface area (Å²) >= 11 is 0. The predicted molar refractivity (Wildman–Crippen MR) is 73.1 cm³/mol. The van der Waals surface area contributed by atoms with Gasteiger partial charge in [-0.15, -0.1) is 10.2 Å². The molecule has 6 nitrogen and oxygen atoms in total. The summed E-state index contributed by atoms with van der Waals surface area (Å²) in [4.78, 5) is 0. The molecular weight excluding hydrogens is 308 g/mol. The Kier molecular flexibility index (Phi) is 4.07. The Morgan fingerprint density at radius 2 is 2.09 bits per heavy atom. The van der Waals surface area contributed by atoms with Crippen LogP contribution in [0, 0.1) is 23.0 Å². The zero-order chi connectivity index (χ0) is 16.4. The summed E-state index contributed by atoms with van der Waals surface area (Å²) in [5.74, 6) is -2.06. The fourth-order valence-electron chi connectivity index (χ4n) is 2.52. The number of ether oxygens (including phenoxy) is 2. The van der Waals surface area contributed by atoms with Crippen molar-refractivity contribution in [1.82, 2.24) is 10.2 Å². The maximum Gasteiger partial charge on any atom is 0.253 e. The zero-order valence-corrected chi connectivity index (χ0v) is 12.3. The van der Waals surface area contributed by atoms with Gasteiger partial charge in [0, 0.05) is 13.0 Å². The highest BCUT2D eigenvalue weighted by molar-refractivity contribution is 5.56. The van der Waals surface area contributed by atoms with Crippen LogP contribution in [0.2, 0.25) is 0 Å². The van der Waals surface area contributed by atoms with Crippen LogP contribution in [0.1, 0.15) is 24.8 Å².